The van der Waals surface area contributed by atoms with Crippen molar-refractivity contribution in [1.29, 1.82) is 0 Å². The zero-order valence-corrected chi connectivity index (χ0v) is 14.7. The van der Waals surface area contributed by atoms with Crippen LogP contribution in [0.1, 0.15) is 53.9 Å². The maximum absolute atomic E-state index is 12.9. The third-order valence-corrected chi connectivity index (χ3v) is 5.12. The number of hydrogen-bond donors (Lipinski definition) is 0. The Morgan fingerprint density at radius 2 is 1.83 bits per heavy atom. The SMILES string of the molecule is CC(C)(C)O[C@H]1[C@@H]2C(=O)C[C@@H]3OC(C)(C)O[C@@H]3C[C@@H]2C[C@@H]1C=O. The zero-order chi connectivity index (χ0) is 17.0. The lowest BCUT2D eigenvalue weighted by Crippen LogP contribution is -2.39. The summed E-state index contributed by atoms with van der Waals surface area (Å²) in [4.78, 5) is 24.4. The van der Waals surface area contributed by atoms with E-state index in [4.69, 9.17) is 14.2 Å². The summed E-state index contributed by atoms with van der Waals surface area (Å²) < 4.78 is 18.0. The Kier molecular flexibility index (Phi) is 4.18. The van der Waals surface area contributed by atoms with Crippen molar-refractivity contribution in [3.05, 3.63) is 0 Å². The number of ether oxygens (including phenoxy) is 3. The number of Topliss-reactive ketones (excluding diaryl/α,β-unsaturated/α-hetero) is 1. The molecule has 1 heterocycles. The van der Waals surface area contributed by atoms with E-state index in [-0.39, 0.29) is 47.4 Å². The highest BCUT2D eigenvalue weighted by Crippen LogP contribution is 2.48. The normalized spacial score (nSPS) is 42.9. The molecule has 6 atom stereocenters. The predicted molar refractivity (Wildman–Crippen MR) is 83.8 cm³/mol. The minimum Gasteiger partial charge on any atom is -0.371 e. The van der Waals surface area contributed by atoms with Gasteiger partial charge >= 0.3 is 0 Å². The van der Waals surface area contributed by atoms with Gasteiger partial charge in [0.25, 0.3) is 0 Å². The summed E-state index contributed by atoms with van der Waals surface area (Å²) in [5.41, 5.74) is -0.377. The van der Waals surface area contributed by atoms with Crippen molar-refractivity contribution in [3.8, 4) is 0 Å². The van der Waals surface area contributed by atoms with E-state index in [9.17, 15) is 9.59 Å². The highest BCUT2D eigenvalue weighted by Gasteiger charge is 2.55. The number of fused-ring (bicyclic) bond motifs is 2. The van der Waals surface area contributed by atoms with E-state index in [0.29, 0.717) is 12.8 Å². The average Bonchev–Trinajstić information content (AvgIpc) is 2.81. The monoisotopic (exact) mass is 324 g/mol. The van der Waals surface area contributed by atoms with Gasteiger partial charge in [-0.3, -0.25) is 4.79 Å². The van der Waals surface area contributed by atoms with Crippen LogP contribution in [-0.4, -0.2) is 41.8 Å². The predicted octanol–water partition coefficient (Wildman–Crippen LogP) is 2.50. The fraction of sp³-hybridized carbons (Fsp3) is 0.889. The van der Waals surface area contributed by atoms with Crippen molar-refractivity contribution in [3.63, 3.8) is 0 Å². The second kappa shape index (κ2) is 5.64. The second-order valence-electron chi connectivity index (χ2n) is 8.63. The number of carbonyl (C=O) groups excluding carboxylic acids is 2. The Bertz CT molecular complexity index is 492. The lowest BCUT2D eigenvalue weighted by atomic mass is 9.88. The summed E-state index contributed by atoms with van der Waals surface area (Å²) in [5, 5.41) is 0. The second-order valence-corrected chi connectivity index (χ2v) is 8.63. The van der Waals surface area contributed by atoms with Crippen molar-refractivity contribution in [1.82, 2.24) is 0 Å². The van der Waals surface area contributed by atoms with Crippen LogP contribution in [0.3, 0.4) is 0 Å². The quantitative estimate of drug-likeness (QED) is 0.730. The molecule has 130 valence electrons. The Balaban J connectivity index is 1.84. The van der Waals surface area contributed by atoms with E-state index in [1.807, 2.05) is 34.6 Å². The van der Waals surface area contributed by atoms with Gasteiger partial charge in [0.05, 0.1) is 23.9 Å². The van der Waals surface area contributed by atoms with E-state index in [0.717, 1.165) is 12.7 Å². The van der Waals surface area contributed by atoms with Gasteiger partial charge in [-0.05, 0) is 53.4 Å². The highest BCUT2D eigenvalue weighted by atomic mass is 16.7. The minimum atomic E-state index is -0.633. The van der Waals surface area contributed by atoms with Gasteiger partial charge in [-0.1, -0.05) is 0 Å². The standard InChI is InChI=1S/C18H28O5/c1-17(2,3)23-16-11(9-19)6-10-7-13-14(8-12(20)15(10)16)22-18(4,5)21-13/h9-11,13-16H,6-8H2,1-5H3/t10-,11+,13+,14-,15-,16+/m0/s1. The van der Waals surface area contributed by atoms with Crippen molar-refractivity contribution < 1.29 is 23.8 Å². The van der Waals surface area contributed by atoms with Gasteiger partial charge in [0.2, 0.25) is 0 Å². The zero-order valence-electron chi connectivity index (χ0n) is 14.7. The van der Waals surface area contributed by atoms with Crippen LogP contribution in [0.25, 0.3) is 0 Å². The summed E-state index contributed by atoms with van der Waals surface area (Å²) >= 11 is 0. The van der Waals surface area contributed by atoms with E-state index in [1.54, 1.807) is 0 Å². The number of hydrogen-bond acceptors (Lipinski definition) is 5. The summed E-state index contributed by atoms with van der Waals surface area (Å²) in [6.45, 7) is 9.67. The van der Waals surface area contributed by atoms with Crippen molar-refractivity contribution in [2.75, 3.05) is 0 Å². The first kappa shape index (κ1) is 17.1. The van der Waals surface area contributed by atoms with Gasteiger partial charge in [-0.15, -0.1) is 0 Å². The lowest BCUT2D eigenvalue weighted by molar-refractivity contribution is -0.156. The molecule has 5 nitrogen and oxygen atoms in total. The van der Waals surface area contributed by atoms with Crippen LogP contribution in [-0.2, 0) is 23.8 Å². The smallest absolute Gasteiger partial charge is 0.163 e. The first-order chi connectivity index (χ1) is 10.6. The van der Waals surface area contributed by atoms with Gasteiger partial charge < -0.3 is 19.0 Å². The Hall–Kier alpha value is -0.780. The Labute approximate surface area is 138 Å². The summed E-state index contributed by atoms with van der Waals surface area (Å²) in [5.74, 6) is -0.766. The molecule has 2 aliphatic carbocycles. The molecule has 0 spiro atoms. The van der Waals surface area contributed by atoms with Crippen molar-refractivity contribution >= 4 is 12.1 Å². The molecule has 5 heteroatoms. The van der Waals surface area contributed by atoms with Crippen LogP contribution >= 0.6 is 0 Å². The molecule has 3 aliphatic rings. The Morgan fingerprint density at radius 3 is 2.43 bits per heavy atom. The molecule has 0 aromatic carbocycles. The number of rotatable bonds is 2. The molecule has 0 aromatic heterocycles. The molecule has 0 N–H and O–H groups in total. The summed E-state index contributed by atoms with van der Waals surface area (Å²) in [6.07, 6.45) is 2.22. The minimum absolute atomic E-state index is 0.0651. The largest absolute Gasteiger partial charge is 0.371 e. The van der Waals surface area contributed by atoms with Crippen LogP contribution < -0.4 is 0 Å². The van der Waals surface area contributed by atoms with Gasteiger partial charge in [0.15, 0.2) is 5.79 Å². The molecular formula is C18H28O5. The topological polar surface area (TPSA) is 61.8 Å². The molecule has 1 aliphatic heterocycles. The number of ketones is 1. The molecule has 0 bridgehead atoms. The molecule has 3 rings (SSSR count). The first-order valence-corrected chi connectivity index (χ1v) is 8.61. The maximum Gasteiger partial charge on any atom is 0.163 e. The molecule has 23 heavy (non-hydrogen) atoms. The molecular weight excluding hydrogens is 296 g/mol. The Morgan fingerprint density at radius 1 is 1.17 bits per heavy atom. The van der Waals surface area contributed by atoms with E-state index >= 15 is 0 Å². The third-order valence-electron chi connectivity index (χ3n) is 5.12. The highest BCUT2D eigenvalue weighted by molar-refractivity contribution is 5.84. The van der Waals surface area contributed by atoms with Gasteiger partial charge in [-0.2, -0.15) is 0 Å². The summed E-state index contributed by atoms with van der Waals surface area (Å²) in [7, 11) is 0. The number of aldehydes is 1. The molecule has 0 aromatic rings. The fourth-order valence-electron chi connectivity index (χ4n) is 4.47. The molecule has 0 radical (unpaired) electrons. The van der Waals surface area contributed by atoms with E-state index < -0.39 is 5.79 Å². The van der Waals surface area contributed by atoms with Crippen molar-refractivity contribution in [2.45, 2.75) is 83.6 Å². The molecule has 2 saturated carbocycles. The summed E-state index contributed by atoms with van der Waals surface area (Å²) in [6, 6.07) is 0. The molecule has 0 amide bonds. The molecule has 0 unspecified atom stereocenters. The van der Waals surface area contributed by atoms with Crippen molar-refractivity contribution in [2.24, 2.45) is 17.8 Å². The van der Waals surface area contributed by atoms with E-state index in [2.05, 4.69) is 0 Å². The van der Waals surface area contributed by atoms with Crippen LogP contribution in [0, 0.1) is 17.8 Å². The number of carbonyl (C=O) groups is 2. The first-order valence-electron chi connectivity index (χ1n) is 8.61. The van der Waals surface area contributed by atoms with Gasteiger partial charge in [-0.25, -0.2) is 0 Å². The molecule has 1 saturated heterocycles. The van der Waals surface area contributed by atoms with Crippen LogP contribution in [0.15, 0.2) is 0 Å². The fourth-order valence-corrected chi connectivity index (χ4v) is 4.47. The van der Waals surface area contributed by atoms with Crippen LogP contribution in [0.4, 0.5) is 0 Å². The van der Waals surface area contributed by atoms with Gasteiger partial charge in [0.1, 0.15) is 12.1 Å². The average molecular weight is 324 g/mol. The molecule has 3 fully saturated rings. The third kappa shape index (κ3) is 3.37. The van der Waals surface area contributed by atoms with Gasteiger partial charge in [0, 0.05) is 18.3 Å². The lowest BCUT2D eigenvalue weighted by Gasteiger charge is -2.31. The van der Waals surface area contributed by atoms with E-state index in [1.165, 1.54) is 0 Å². The van der Waals surface area contributed by atoms with Crippen LogP contribution in [0.5, 0.6) is 0 Å². The maximum atomic E-state index is 12.9. The van der Waals surface area contributed by atoms with Crippen LogP contribution in [0.2, 0.25) is 0 Å².